The number of nitriles is 1. The van der Waals surface area contributed by atoms with E-state index in [0.29, 0.717) is 17.0 Å². The molecule has 0 spiro atoms. The fourth-order valence-corrected chi connectivity index (χ4v) is 3.23. The van der Waals surface area contributed by atoms with Gasteiger partial charge in [-0.2, -0.15) is 5.26 Å². The van der Waals surface area contributed by atoms with Gasteiger partial charge in [-0.25, -0.2) is 9.59 Å². The van der Waals surface area contributed by atoms with Crippen molar-refractivity contribution in [3.63, 3.8) is 0 Å². The van der Waals surface area contributed by atoms with Crippen molar-refractivity contribution in [2.75, 3.05) is 6.61 Å². The van der Waals surface area contributed by atoms with Crippen LogP contribution in [0.2, 0.25) is 0 Å². The highest BCUT2D eigenvalue weighted by molar-refractivity contribution is 6.00. The molecule has 1 N–H and O–H groups in total. The lowest BCUT2D eigenvalue weighted by atomic mass is 9.80. The summed E-state index contributed by atoms with van der Waals surface area (Å²) in [7, 11) is 0. The van der Waals surface area contributed by atoms with Gasteiger partial charge in [-0.1, -0.05) is 12.1 Å². The molecule has 0 aromatic heterocycles. The SMILES string of the molecule is CC1=C(C(=O)OCCC#N)C(c2cccc([N+](=O)[O-])c2)C(C(=O)OC(C)C)=C(C)N1. The van der Waals surface area contributed by atoms with Crippen molar-refractivity contribution >= 4 is 17.6 Å². The summed E-state index contributed by atoms with van der Waals surface area (Å²) in [6, 6.07) is 7.63. The molecule has 0 radical (unpaired) electrons. The minimum atomic E-state index is -0.924. The van der Waals surface area contributed by atoms with Crippen molar-refractivity contribution in [1.29, 1.82) is 5.26 Å². The maximum Gasteiger partial charge on any atom is 0.337 e. The molecule has 9 heteroatoms. The van der Waals surface area contributed by atoms with Crippen LogP contribution in [-0.2, 0) is 19.1 Å². The van der Waals surface area contributed by atoms with E-state index >= 15 is 0 Å². The topological polar surface area (TPSA) is 132 Å². The summed E-state index contributed by atoms with van der Waals surface area (Å²) in [6.07, 6.45) is -0.383. The Morgan fingerprint density at radius 1 is 1.23 bits per heavy atom. The standard InChI is InChI=1S/C21H23N3O6/c1-12(2)30-21(26)18-14(4)23-13(3)17(20(25)29-10-6-9-22)19(18)15-7-5-8-16(11-15)24(27)28/h5,7-8,11-12,19,23H,6,10H2,1-4H3. The number of rotatable bonds is 7. The molecule has 1 aromatic carbocycles. The highest BCUT2D eigenvalue weighted by Crippen LogP contribution is 2.40. The average Bonchev–Trinajstić information content (AvgIpc) is 2.66. The quantitative estimate of drug-likeness (QED) is 0.312. The zero-order chi connectivity index (χ0) is 22.4. The number of ether oxygens (including phenoxy) is 2. The van der Waals surface area contributed by atoms with Crippen molar-refractivity contribution in [2.24, 2.45) is 0 Å². The van der Waals surface area contributed by atoms with Crippen LogP contribution in [0.15, 0.2) is 46.8 Å². The van der Waals surface area contributed by atoms with Gasteiger partial charge in [0.05, 0.1) is 40.6 Å². The van der Waals surface area contributed by atoms with Crippen molar-refractivity contribution < 1.29 is 24.0 Å². The van der Waals surface area contributed by atoms with Crippen molar-refractivity contribution in [3.8, 4) is 6.07 Å². The van der Waals surface area contributed by atoms with Gasteiger partial charge in [0.25, 0.3) is 5.69 Å². The number of hydrogen-bond donors (Lipinski definition) is 1. The fraction of sp³-hybridized carbons (Fsp3) is 0.381. The van der Waals surface area contributed by atoms with Gasteiger partial charge in [-0.15, -0.1) is 0 Å². The number of non-ortho nitro benzene ring substituents is 1. The molecule has 1 heterocycles. The van der Waals surface area contributed by atoms with E-state index in [0.717, 1.165) is 0 Å². The normalized spacial score (nSPS) is 16.1. The first kappa shape index (κ1) is 22.6. The maximum atomic E-state index is 12.9. The number of carbonyl (C=O) groups excluding carboxylic acids is 2. The Labute approximate surface area is 174 Å². The first-order valence-corrected chi connectivity index (χ1v) is 9.35. The van der Waals surface area contributed by atoms with Crippen molar-refractivity contribution in [2.45, 2.75) is 46.1 Å². The second kappa shape index (κ2) is 9.69. The van der Waals surface area contributed by atoms with Crippen LogP contribution in [0.25, 0.3) is 0 Å². The number of benzene rings is 1. The molecule has 0 saturated carbocycles. The van der Waals surface area contributed by atoms with Crippen LogP contribution in [0.3, 0.4) is 0 Å². The Hall–Kier alpha value is -3.67. The fourth-order valence-electron chi connectivity index (χ4n) is 3.23. The third-order valence-corrected chi connectivity index (χ3v) is 4.40. The average molecular weight is 413 g/mol. The molecule has 9 nitrogen and oxygen atoms in total. The predicted octanol–water partition coefficient (Wildman–Crippen LogP) is 3.24. The lowest BCUT2D eigenvalue weighted by Gasteiger charge is -2.30. The van der Waals surface area contributed by atoms with E-state index in [9.17, 15) is 19.7 Å². The van der Waals surface area contributed by atoms with E-state index in [-0.39, 0.29) is 29.9 Å². The molecule has 1 atom stereocenters. The molecule has 1 aliphatic rings. The molecule has 1 unspecified atom stereocenters. The summed E-state index contributed by atoms with van der Waals surface area (Å²) in [4.78, 5) is 36.5. The van der Waals surface area contributed by atoms with Crippen LogP contribution in [0.1, 0.15) is 45.6 Å². The van der Waals surface area contributed by atoms with Crippen LogP contribution in [0.4, 0.5) is 5.69 Å². The summed E-state index contributed by atoms with van der Waals surface area (Å²) in [5, 5.41) is 23.0. The number of nitro benzene ring substituents is 1. The number of dihydropyridines is 1. The van der Waals surface area contributed by atoms with Gasteiger partial charge in [-0.05, 0) is 33.3 Å². The van der Waals surface area contributed by atoms with Crippen molar-refractivity contribution in [3.05, 3.63) is 62.5 Å². The molecular weight excluding hydrogens is 390 g/mol. The minimum absolute atomic E-state index is 0.0179. The molecule has 0 amide bonds. The number of hydrogen-bond acceptors (Lipinski definition) is 8. The molecule has 158 valence electrons. The van der Waals surface area contributed by atoms with Gasteiger partial charge in [0.2, 0.25) is 0 Å². The zero-order valence-electron chi connectivity index (χ0n) is 17.2. The van der Waals surface area contributed by atoms with Gasteiger partial charge in [-0.3, -0.25) is 10.1 Å². The van der Waals surface area contributed by atoms with E-state index in [1.54, 1.807) is 33.8 Å². The lowest BCUT2D eigenvalue weighted by molar-refractivity contribution is -0.384. The summed E-state index contributed by atoms with van der Waals surface area (Å²) >= 11 is 0. The van der Waals surface area contributed by atoms with Gasteiger partial charge in [0.1, 0.15) is 6.61 Å². The second-order valence-corrected chi connectivity index (χ2v) is 6.99. The smallest absolute Gasteiger partial charge is 0.337 e. The Balaban J connectivity index is 2.62. The van der Waals surface area contributed by atoms with Gasteiger partial charge in [0, 0.05) is 23.5 Å². The highest BCUT2D eigenvalue weighted by Gasteiger charge is 2.38. The Morgan fingerprint density at radius 2 is 1.87 bits per heavy atom. The third kappa shape index (κ3) is 5.03. The molecular formula is C21H23N3O6. The molecule has 0 bridgehead atoms. The van der Waals surface area contributed by atoms with Crippen molar-refractivity contribution in [1.82, 2.24) is 5.32 Å². The monoisotopic (exact) mass is 413 g/mol. The molecule has 1 aromatic rings. The highest BCUT2D eigenvalue weighted by atomic mass is 16.6. The van der Waals surface area contributed by atoms with Gasteiger partial charge in [0.15, 0.2) is 0 Å². The number of carbonyl (C=O) groups is 2. The molecule has 2 rings (SSSR count). The third-order valence-electron chi connectivity index (χ3n) is 4.40. The molecule has 0 aliphatic carbocycles. The first-order valence-electron chi connectivity index (χ1n) is 9.35. The van der Waals surface area contributed by atoms with Crippen LogP contribution >= 0.6 is 0 Å². The van der Waals surface area contributed by atoms with E-state index in [1.807, 2.05) is 6.07 Å². The summed E-state index contributed by atoms with van der Waals surface area (Å²) < 4.78 is 10.6. The predicted molar refractivity (Wildman–Crippen MR) is 107 cm³/mol. The zero-order valence-corrected chi connectivity index (χ0v) is 17.2. The van der Waals surface area contributed by atoms with E-state index in [4.69, 9.17) is 14.7 Å². The summed E-state index contributed by atoms with van der Waals surface area (Å²) in [5.74, 6) is -2.28. The second-order valence-electron chi connectivity index (χ2n) is 6.99. The number of esters is 2. The largest absolute Gasteiger partial charge is 0.461 e. The van der Waals surface area contributed by atoms with Gasteiger partial charge < -0.3 is 14.8 Å². The number of allylic oxidation sites excluding steroid dienone is 2. The molecule has 1 aliphatic heterocycles. The van der Waals surface area contributed by atoms with Crippen LogP contribution in [0.5, 0.6) is 0 Å². The maximum absolute atomic E-state index is 12.9. The van der Waals surface area contributed by atoms with Crippen LogP contribution < -0.4 is 5.32 Å². The lowest BCUT2D eigenvalue weighted by Crippen LogP contribution is -2.33. The molecule has 30 heavy (non-hydrogen) atoms. The number of nitrogens with one attached hydrogen (secondary N) is 1. The van der Waals surface area contributed by atoms with Crippen LogP contribution in [-0.4, -0.2) is 29.6 Å². The van der Waals surface area contributed by atoms with E-state index < -0.39 is 28.9 Å². The van der Waals surface area contributed by atoms with E-state index in [2.05, 4.69) is 5.32 Å². The van der Waals surface area contributed by atoms with Gasteiger partial charge >= 0.3 is 11.9 Å². The Morgan fingerprint density at radius 3 is 2.43 bits per heavy atom. The Kier molecular flexibility index (Phi) is 7.31. The van der Waals surface area contributed by atoms with E-state index in [1.165, 1.54) is 18.2 Å². The minimum Gasteiger partial charge on any atom is -0.461 e. The first-order chi connectivity index (χ1) is 14.2. The molecule has 0 saturated heterocycles. The summed E-state index contributed by atoms with van der Waals surface area (Å²) in [5.41, 5.74) is 1.44. The number of nitrogens with zero attached hydrogens (tertiary/aromatic N) is 2. The van der Waals surface area contributed by atoms with Crippen LogP contribution in [0, 0.1) is 21.4 Å². The number of nitro groups is 1. The Bertz CT molecular complexity index is 971. The summed E-state index contributed by atoms with van der Waals surface area (Å²) in [6.45, 7) is 6.61. The molecule has 0 fully saturated rings.